The lowest BCUT2D eigenvalue weighted by Gasteiger charge is -2.12. The van der Waals surface area contributed by atoms with E-state index in [-0.39, 0.29) is 0 Å². The number of hydrogen-bond acceptors (Lipinski definition) is 2. The van der Waals surface area contributed by atoms with Gasteiger partial charge in [0.2, 0.25) is 0 Å². The summed E-state index contributed by atoms with van der Waals surface area (Å²) in [4.78, 5) is 10.7. The Morgan fingerprint density at radius 2 is 2.19 bits per heavy atom. The molecular formula is C11H12BrClO3. The maximum Gasteiger partial charge on any atom is 0.337 e. The van der Waals surface area contributed by atoms with Crippen LogP contribution in [0.1, 0.15) is 23.7 Å². The molecule has 0 bridgehead atoms. The second-order valence-electron chi connectivity index (χ2n) is 3.38. The minimum atomic E-state index is -1.48. The van der Waals surface area contributed by atoms with Crippen molar-refractivity contribution in [3.63, 3.8) is 0 Å². The highest BCUT2D eigenvalue weighted by Crippen LogP contribution is 2.24. The van der Waals surface area contributed by atoms with Gasteiger partial charge < -0.3 is 10.2 Å². The van der Waals surface area contributed by atoms with Crippen LogP contribution in [0.15, 0.2) is 22.7 Å². The van der Waals surface area contributed by atoms with E-state index in [2.05, 4.69) is 15.9 Å². The third-order valence-electron chi connectivity index (χ3n) is 2.22. The van der Waals surface area contributed by atoms with Gasteiger partial charge >= 0.3 is 5.97 Å². The molecule has 0 aromatic heterocycles. The van der Waals surface area contributed by atoms with Gasteiger partial charge in [-0.05, 0) is 36.1 Å². The van der Waals surface area contributed by atoms with E-state index in [1.165, 1.54) is 0 Å². The molecule has 16 heavy (non-hydrogen) atoms. The summed E-state index contributed by atoms with van der Waals surface area (Å²) in [5.41, 5.74) is 1.24. The highest BCUT2D eigenvalue weighted by molar-refractivity contribution is 9.10. The number of hydrogen-bond donors (Lipinski definition) is 2. The van der Waals surface area contributed by atoms with Crippen molar-refractivity contribution in [2.24, 2.45) is 0 Å². The Labute approximate surface area is 107 Å². The monoisotopic (exact) mass is 306 g/mol. The van der Waals surface area contributed by atoms with Crippen molar-refractivity contribution >= 4 is 33.5 Å². The molecule has 1 atom stereocenters. The number of halogens is 2. The van der Waals surface area contributed by atoms with Gasteiger partial charge in [-0.3, -0.25) is 0 Å². The van der Waals surface area contributed by atoms with E-state index in [1.807, 2.05) is 6.07 Å². The lowest BCUT2D eigenvalue weighted by Crippen LogP contribution is -2.13. The molecule has 3 nitrogen and oxygen atoms in total. The number of carboxylic acid groups (broad SMARTS) is 1. The van der Waals surface area contributed by atoms with Gasteiger partial charge in [-0.2, -0.15) is 0 Å². The average molecular weight is 308 g/mol. The molecule has 0 aliphatic heterocycles. The van der Waals surface area contributed by atoms with Crippen LogP contribution in [0.3, 0.4) is 0 Å². The van der Waals surface area contributed by atoms with E-state index >= 15 is 0 Å². The zero-order valence-electron chi connectivity index (χ0n) is 8.49. The van der Waals surface area contributed by atoms with Gasteiger partial charge in [0, 0.05) is 10.4 Å². The first-order valence-electron chi connectivity index (χ1n) is 4.81. The molecule has 0 saturated carbocycles. The molecular weight excluding hydrogens is 295 g/mol. The molecule has 0 fully saturated rings. The van der Waals surface area contributed by atoms with Crippen molar-refractivity contribution in [2.45, 2.75) is 18.9 Å². The highest BCUT2D eigenvalue weighted by Gasteiger charge is 2.19. The van der Waals surface area contributed by atoms with Crippen LogP contribution in [-0.4, -0.2) is 22.1 Å². The number of aryl methyl sites for hydroxylation is 1. The Morgan fingerprint density at radius 3 is 2.75 bits per heavy atom. The van der Waals surface area contributed by atoms with E-state index in [1.54, 1.807) is 12.1 Å². The molecule has 88 valence electrons. The Kier molecular flexibility index (Phi) is 5.25. The van der Waals surface area contributed by atoms with E-state index in [0.29, 0.717) is 17.9 Å². The normalized spacial score (nSPS) is 12.4. The SMILES string of the molecule is O=C(O)C(O)c1cc(Br)ccc1CCCCl. The van der Waals surface area contributed by atoms with Crippen molar-refractivity contribution in [1.29, 1.82) is 0 Å². The van der Waals surface area contributed by atoms with Gasteiger partial charge in [0.25, 0.3) is 0 Å². The van der Waals surface area contributed by atoms with Crippen molar-refractivity contribution in [3.8, 4) is 0 Å². The summed E-state index contributed by atoms with van der Waals surface area (Å²) in [7, 11) is 0. The zero-order chi connectivity index (χ0) is 12.1. The lowest BCUT2D eigenvalue weighted by atomic mass is 9.99. The topological polar surface area (TPSA) is 57.5 Å². The van der Waals surface area contributed by atoms with Gasteiger partial charge in [-0.1, -0.05) is 22.0 Å². The lowest BCUT2D eigenvalue weighted by molar-refractivity contribution is -0.147. The Bertz CT molecular complexity index is 381. The predicted molar refractivity (Wildman–Crippen MR) is 65.8 cm³/mol. The van der Waals surface area contributed by atoms with E-state index in [4.69, 9.17) is 16.7 Å². The Hall–Kier alpha value is -0.580. The molecule has 1 aromatic rings. The van der Waals surface area contributed by atoms with E-state index in [9.17, 15) is 9.90 Å². The fourth-order valence-electron chi connectivity index (χ4n) is 1.44. The molecule has 1 rings (SSSR count). The number of aliphatic hydroxyl groups is 1. The highest BCUT2D eigenvalue weighted by atomic mass is 79.9. The number of aliphatic carboxylic acids is 1. The third kappa shape index (κ3) is 3.47. The number of rotatable bonds is 5. The second kappa shape index (κ2) is 6.23. The van der Waals surface area contributed by atoms with Crippen LogP contribution in [0.2, 0.25) is 0 Å². The molecule has 0 aliphatic rings. The number of carbonyl (C=O) groups is 1. The molecule has 1 unspecified atom stereocenters. The summed E-state index contributed by atoms with van der Waals surface area (Å²) in [5.74, 6) is -0.733. The van der Waals surface area contributed by atoms with Crippen molar-refractivity contribution in [3.05, 3.63) is 33.8 Å². The van der Waals surface area contributed by atoms with Crippen molar-refractivity contribution in [1.82, 2.24) is 0 Å². The number of alkyl halides is 1. The maximum atomic E-state index is 10.7. The molecule has 5 heteroatoms. The molecule has 0 aliphatic carbocycles. The van der Waals surface area contributed by atoms with Gasteiger partial charge in [-0.15, -0.1) is 11.6 Å². The summed E-state index contributed by atoms with van der Waals surface area (Å²) in [6.07, 6.45) is -0.0678. The van der Waals surface area contributed by atoms with Crippen LogP contribution in [-0.2, 0) is 11.2 Å². The smallest absolute Gasteiger partial charge is 0.337 e. The van der Waals surface area contributed by atoms with Crippen LogP contribution in [0.4, 0.5) is 0 Å². The molecule has 2 N–H and O–H groups in total. The first-order valence-corrected chi connectivity index (χ1v) is 6.14. The quantitative estimate of drug-likeness (QED) is 0.822. The van der Waals surface area contributed by atoms with E-state index < -0.39 is 12.1 Å². The van der Waals surface area contributed by atoms with Gasteiger partial charge in [0.1, 0.15) is 0 Å². The van der Waals surface area contributed by atoms with Gasteiger partial charge in [0.05, 0.1) is 0 Å². The van der Waals surface area contributed by atoms with Crippen LogP contribution in [0, 0.1) is 0 Å². The standard InChI is InChI=1S/C11H12BrClO3/c12-8-4-3-7(2-1-5-13)9(6-8)10(14)11(15)16/h3-4,6,10,14H,1-2,5H2,(H,15,16). The van der Waals surface area contributed by atoms with Crippen LogP contribution in [0.5, 0.6) is 0 Å². The largest absolute Gasteiger partial charge is 0.479 e. The minimum Gasteiger partial charge on any atom is -0.479 e. The van der Waals surface area contributed by atoms with E-state index in [0.717, 1.165) is 16.5 Å². The Morgan fingerprint density at radius 1 is 1.50 bits per heavy atom. The summed E-state index contributed by atoms with van der Waals surface area (Å²) in [6, 6.07) is 5.25. The average Bonchev–Trinajstić information content (AvgIpc) is 2.26. The molecule has 1 aromatic carbocycles. The van der Waals surface area contributed by atoms with Crippen molar-refractivity contribution < 1.29 is 15.0 Å². The summed E-state index contributed by atoms with van der Waals surface area (Å²) in [6.45, 7) is 0. The number of carboxylic acids is 1. The fourth-order valence-corrected chi connectivity index (χ4v) is 1.95. The van der Waals surface area contributed by atoms with Crippen LogP contribution < -0.4 is 0 Å². The zero-order valence-corrected chi connectivity index (χ0v) is 10.8. The predicted octanol–water partition coefficient (Wildman–Crippen LogP) is 2.74. The molecule has 0 radical (unpaired) electrons. The second-order valence-corrected chi connectivity index (χ2v) is 4.67. The Balaban J connectivity index is 3.02. The minimum absolute atomic E-state index is 0.423. The first kappa shape index (κ1) is 13.5. The third-order valence-corrected chi connectivity index (χ3v) is 2.98. The molecule has 0 heterocycles. The molecule has 0 spiro atoms. The number of benzene rings is 1. The van der Waals surface area contributed by atoms with Gasteiger partial charge in [-0.25, -0.2) is 4.79 Å². The van der Waals surface area contributed by atoms with Crippen molar-refractivity contribution in [2.75, 3.05) is 5.88 Å². The first-order chi connectivity index (χ1) is 7.56. The summed E-state index contributed by atoms with van der Waals surface area (Å²) < 4.78 is 0.748. The van der Waals surface area contributed by atoms with Crippen LogP contribution in [0.25, 0.3) is 0 Å². The summed E-state index contributed by atoms with van der Waals surface area (Å²) in [5, 5.41) is 18.3. The maximum absolute atomic E-state index is 10.7. The molecule has 0 amide bonds. The fraction of sp³-hybridized carbons (Fsp3) is 0.364. The van der Waals surface area contributed by atoms with Crippen LogP contribution >= 0.6 is 27.5 Å². The van der Waals surface area contributed by atoms with Gasteiger partial charge in [0.15, 0.2) is 6.10 Å². The molecule has 0 saturated heterocycles. The number of aliphatic hydroxyl groups excluding tert-OH is 1. The summed E-state index contributed by atoms with van der Waals surface area (Å²) >= 11 is 8.84.